The minimum Gasteiger partial charge on any atom is -0.491 e. The highest BCUT2D eigenvalue weighted by Crippen LogP contribution is 2.26. The van der Waals surface area contributed by atoms with Crippen LogP contribution in [0.25, 0.3) is 11.1 Å². The Bertz CT molecular complexity index is 858. The molecule has 4 nitrogen and oxygen atoms in total. The monoisotopic (exact) mass is 425 g/mol. The number of esters is 1. The molecule has 166 valence electrons. The van der Waals surface area contributed by atoms with Crippen molar-refractivity contribution in [1.29, 1.82) is 5.26 Å². The first-order chi connectivity index (χ1) is 15.1. The number of hydrogen-bond donors (Lipinski definition) is 0. The molecule has 2 aromatic carbocycles. The van der Waals surface area contributed by atoms with Gasteiger partial charge in [0.1, 0.15) is 6.07 Å². The number of carbonyl (C=O) groups excluding carboxylic acids is 1. The Morgan fingerprint density at radius 1 is 0.968 bits per heavy atom. The summed E-state index contributed by atoms with van der Waals surface area (Å²) in [5, 5.41) is 9.03. The fourth-order valence-corrected chi connectivity index (χ4v) is 3.27. The zero-order valence-electron chi connectivity index (χ0n) is 18.5. The Balaban J connectivity index is 1.91. The predicted octanol–water partition coefficient (Wildman–Crippen LogP) is 7.08. The Morgan fingerprint density at radius 3 is 2.29 bits per heavy atom. The maximum atomic E-state index is 14.4. The van der Waals surface area contributed by atoms with Crippen LogP contribution in [0.15, 0.2) is 42.5 Å². The number of benzene rings is 2. The molecule has 0 spiro atoms. The van der Waals surface area contributed by atoms with E-state index in [4.69, 9.17) is 14.7 Å². The fourth-order valence-electron chi connectivity index (χ4n) is 3.27. The van der Waals surface area contributed by atoms with E-state index in [9.17, 15) is 9.18 Å². The van der Waals surface area contributed by atoms with Gasteiger partial charge in [0.25, 0.3) is 0 Å². The summed E-state index contributed by atoms with van der Waals surface area (Å²) in [6, 6.07) is 13.6. The molecule has 0 saturated carbocycles. The van der Waals surface area contributed by atoms with E-state index < -0.39 is 17.9 Å². The lowest BCUT2D eigenvalue weighted by atomic mass is 10.0. The SMILES string of the molecule is CCCCCCCCOc1ccc(-c2ccc(C(=O)OC(C#N)CCC)cc2)cc1F. The molecule has 1 atom stereocenters. The summed E-state index contributed by atoms with van der Waals surface area (Å²) < 4.78 is 25.2. The molecule has 31 heavy (non-hydrogen) atoms. The van der Waals surface area contributed by atoms with Gasteiger partial charge in [-0.1, -0.05) is 70.6 Å². The first-order valence-corrected chi connectivity index (χ1v) is 11.2. The molecule has 5 heteroatoms. The van der Waals surface area contributed by atoms with Crippen molar-refractivity contribution in [1.82, 2.24) is 0 Å². The first kappa shape index (κ1) is 24.4. The summed E-state index contributed by atoms with van der Waals surface area (Å²) >= 11 is 0. The highest BCUT2D eigenvalue weighted by molar-refractivity contribution is 5.90. The summed E-state index contributed by atoms with van der Waals surface area (Å²) in [5.74, 6) is -0.671. The summed E-state index contributed by atoms with van der Waals surface area (Å²) in [7, 11) is 0. The molecule has 0 aliphatic carbocycles. The van der Waals surface area contributed by atoms with Crippen molar-refractivity contribution in [2.75, 3.05) is 6.61 Å². The van der Waals surface area contributed by atoms with Gasteiger partial charge in [-0.2, -0.15) is 5.26 Å². The summed E-state index contributed by atoms with van der Waals surface area (Å²) in [6.45, 7) is 4.63. The average Bonchev–Trinajstić information content (AvgIpc) is 2.79. The maximum absolute atomic E-state index is 14.4. The zero-order chi connectivity index (χ0) is 22.5. The van der Waals surface area contributed by atoms with E-state index >= 15 is 0 Å². The van der Waals surface area contributed by atoms with Crippen LogP contribution in [0.4, 0.5) is 4.39 Å². The lowest BCUT2D eigenvalue weighted by Gasteiger charge is -2.11. The highest BCUT2D eigenvalue weighted by Gasteiger charge is 2.15. The minimum absolute atomic E-state index is 0.260. The van der Waals surface area contributed by atoms with Crippen LogP contribution < -0.4 is 4.74 Å². The number of ether oxygens (including phenoxy) is 2. The Hall–Kier alpha value is -2.87. The van der Waals surface area contributed by atoms with Gasteiger partial charge in [0.05, 0.1) is 12.2 Å². The molecule has 0 N–H and O–H groups in total. The lowest BCUT2D eigenvalue weighted by Crippen LogP contribution is -2.16. The van der Waals surface area contributed by atoms with Crippen LogP contribution in [-0.4, -0.2) is 18.7 Å². The molecule has 0 aliphatic heterocycles. The van der Waals surface area contributed by atoms with Gasteiger partial charge in [0.15, 0.2) is 17.7 Å². The molecular weight excluding hydrogens is 393 g/mol. The number of halogens is 1. The molecule has 0 radical (unpaired) electrons. The van der Waals surface area contributed by atoms with Crippen molar-refractivity contribution in [2.45, 2.75) is 71.3 Å². The number of hydrogen-bond acceptors (Lipinski definition) is 4. The number of nitriles is 1. The third-order valence-corrected chi connectivity index (χ3v) is 5.09. The summed E-state index contributed by atoms with van der Waals surface area (Å²) in [4.78, 5) is 12.2. The van der Waals surface area contributed by atoms with Gasteiger partial charge in [0.2, 0.25) is 0 Å². The van der Waals surface area contributed by atoms with Gasteiger partial charge in [-0.15, -0.1) is 0 Å². The molecule has 0 amide bonds. The molecule has 0 aromatic heterocycles. The Kier molecular flexibility index (Phi) is 10.6. The zero-order valence-corrected chi connectivity index (χ0v) is 18.5. The van der Waals surface area contributed by atoms with E-state index in [0.29, 0.717) is 24.2 Å². The summed E-state index contributed by atoms with van der Waals surface area (Å²) in [5.41, 5.74) is 1.84. The Labute approximate surface area is 185 Å². The molecule has 0 saturated heterocycles. The van der Waals surface area contributed by atoms with Gasteiger partial charge in [-0.05, 0) is 48.2 Å². The van der Waals surface area contributed by atoms with Crippen molar-refractivity contribution in [2.24, 2.45) is 0 Å². The average molecular weight is 426 g/mol. The molecule has 0 fully saturated rings. The van der Waals surface area contributed by atoms with Crippen molar-refractivity contribution in [3.05, 3.63) is 53.8 Å². The number of rotatable bonds is 13. The Morgan fingerprint density at radius 2 is 1.65 bits per heavy atom. The maximum Gasteiger partial charge on any atom is 0.339 e. The van der Waals surface area contributed by atoms with E-state index in [1.165, 1.54) is 31.7 Å². The fraction of sp³-hybridized carbons (Fsp3) is 0.462. The first-order valence-electron chi connectivity index (χ1n) is 11.2. The lowest BCUT2D eigenvalue weighted by molar-refractivity contribution is 0.0392. The minimum atomic E-state index is -0.741. The molecule has 0 bridgehead atoms. The van der Waals surface area contributed by atoms with Crippen LogP contribution in [0.3, 0.4) is 0 Å². The number of unbranched alkanes of at least 4 members (excludes halogenated alkanes) is 5. The van der Waals surface area contributed by atoms with Gasteiger partial charge in [-0.3, -0.25) is 0 Å². The molecular formula is C26H32FNO3. The van der Waals surface area contributed by atoms with Crippen LogP contribution in [0.2, 0.25) is 0 Å². The van der Waals surface area contributed by atoms with Gasteiger partial charge in [0, 0.05) is 0 Å². The number of carbonyl (C=O) groups is 1. The molecule has 2 aromatic rings. The highest BCUT2D eigenvalue weighted by atomic mass is 19.1. The quantitative estimate of drug-likeness (QED) is 0.254. The molecule has 1 unspecified atom stereocenters. The topological polar surface area (TPSA) is 59.3 Å². The van der Waals surface area contributed by atoms with Crippen LogP contribution in [0.5, 0.6) is 5.75 Å². The van der Waals surface area contributed by atoms with Crippen molar-refractivity contribution >= 4 is 5.97 Å². The third-order valence-electron chi connectivity index (χ3n) is 5.09. The van der Waals surface area contributed by atoms with Crippen LogP contribution in [0, 0.1) is 17.1 Å². The predicted molar refractivity (Wildman–Crippen MR) is 120 cm³/mol. The van der Waals surface area contributed by atoms with E-state index in [-0.39, 0.29) is 5.75 Å². The number of nitrogens with zero attached hydrogens (tertiary/aromatic N) is 1. The van der Waals surface area contributed by atoms with Gasteiger partial charge < -0.3 is 9.47 Å². The molecule has 0 heterocycles. The second kappa shape index (κ2) is 13.4. The molecule has 2 rings (SSSR count). The van der Waals surface area contributed by atoms with Gasteiger partial charge in [-0.25, -0.2) is 9.18 Å². The smallest absolute Gasteiger partial charge is 0.339 e. The van der Waals surface area contributed by atoms with Crippen molar-refractivity contribution in [3.63, 3.8) is 0 Å². The van der Waals surface area contributed by atoms with Crippen LogP contribution in [0.1, 0.15) is 75.6 Å². The van der Waals surface area contributed by atoms with Crippen molar-refractivity contribution in [3.8, 4) is 22.9 Å². The largest absolute Gasteiger partial charge is 0.491 e. The van der Waals surface area contributed by atoms with Crippen LogP contribution >= 0.6 is 0 Å². The second-order valence-electron chi connectivity index (χ2n) is 7.65. The van der Waals surface area contributed by atoms with Gasteiger partial charge >= 0.3 is 5.97 Å². The van der Waals surface area contributed by atoms with E-state index in [1.807, 2.05) is 13.0 Å². The second-order valence-corrected chi connectivity index (χ2v) is 7.65. The molecule has 0 aliphatic rings. The third kappa shape index (κ3) is 8.05. The van der Waals surface area contributed by atoms with E-state index in [0.717, 1.165) is 24.8 Å². The normalized spacial score (nSPS) is 11.5. The summed E-state index contributed by atoms with van der Waals surface area (Å²) in [6.07, 6.45) is 7.47. The van der Waals surface area contributed by atoms with Crippen LogP contribution in [-0.2, 0) is 4.74 Å². The standard InChI is InChI=1S/C26H32FNO3/c1-3-5-6-7-8-9-17-30-25-16-15-22(18-24(25)27)20-11-13-21(14-12-20)26(29)31-23(19-28)10-4-2/h11-16,18,23H,3-10,17H2,1-2H3. The van der Waals surface area contributed by atoms with Crippen molar-refractivity contribution < 1.29 is 18.7 Å². The van der Waals surface area contributed by atoms with E-state index in [2.05, 4.69) is 6.92 Å². The van der Waals surface area contributed by atoms with E-state index in [1.54, 1.807) is 36.4 Å².